The molecule has 19 heavy (non-hydrogen) atoms. The van der Waals surface area contributed by atoms with E-state index in [9.17, 15) is 4.79 Å². The summed E-state index contributed by atoms with van der Waals surface area (Å²) >= 11 is 0. The van der Waals surface area contributed by atoms with Crippen molar-refractivity contribution >= 4 is 5.91 Å². The van der Waals surface area contributed by atoms with Crippen LogP contribution in [0.15, 0.2) is 24.3 Å². The molecule has 0 N–H and O–H groups in total. The van der Waals surface area contributed by atoms with Crippen LogP contribution in [0.5, 0.6) is 11.5 Å². The summed E-state index contributed by atoms with van der Waals surface area (Å²) in [6.07, 6.45) is 4.13. The van der Waals surface area contributed by atoms with Crippen molar-refractivity contribution in [2.45, 2.75) is 31.8 Å². The Kier molecular flexibility index (Phi) is 3.58. The number of para-hydroxylation sites is 2. The topological polar surface area (TPSA) is 38.8 Å². The lowest BCUT2D eigenvalue weighted by Crippen LogP contribution is -2.46. The average molecular weight is 261 g/mol. The molecule has 1 saturated heterocycles. The maximum atomic E-state index is 12.4. The highest BCUT2D eigenvalue weighted by Crippen LogP contribution is 2.31. The van der Waals surface area contributed by atoms with Gasteiger partial charge in [-0.25, -0.2) is 0 Å². The largest absolute Gasteiger partial charge is 0.485 e. The Morgan fingerprint density at radius 2 is 1.74 bits per heavy atom. The molecular formula is C15H19NO3. The molecule has 102 valence electrons. The van der Waals surface area contributed by atoms with Gasteiger partial charge in [-0.1, -0.05) is 25.0 Å². The lowest BCUT2D eigenvalue weighted by Gasteiger charge is -2.30. The summed E-state index contributed by atoms with van der Waals surface area (Å²) in [6.45, 7) is 2.01. The van der Waals surface area contributed by atoms with Gasteiger partial charge in [0.2, 0.25) is 6.10 Å². The van der Waals surface area contributed by atoms with Gasteiger partial charge in [0.1, 0.15) is 6.61 Å². The molecule has 1 fully saturated rings. The zero-order valence-electron chi connectivity index (χ0n) is 11.0. The minimum atomic E-state index is -0.493. The van der Waals surface area contributed by atoms with Crippen LogP contribution in [0.3, 0.4) is 0 Å². The van der Waals surface area contributed by atoms with Crippen molar-refractivity contribution in [2.75, 3.05) is 19.7 Å². The summed E-state index contributed by atoms with van der Waals surface area (Å²) in [5, 5.41) is 0. The second-order valence-corrected chi connectivity index (χ2v) is 5.10. The van der Waals surface area contributed by atoms with Crippen LogP contribution >= 0.6 is 0 Å². The van der Waals surface area contributed by atoms with E-state index in [1.807, 2.05) is 29.2 Å². The molecule has 1 aromatic rings. The molecule has 0 spiro atoms. The third-order valence-electron chi connectivity index (χ3n) is 3.70. The third kappa shape index (κ3) is 2.67. The maximum Gasteiger partial charge on any atom is 0.267 e. The van der Waals surface area contributed by atoms with Crippen molar-refractivity contribution in [1.82, 2.24) is 4.90 Å². The first-order valence-corrected chi connectivity index (χ1v) is 7.02. The summed E-state index contributed by atoms with van der Waals surface area (Å²) < 4.78 is 11.4. The Morgan fingerprint density at radius 3 is 2.47 bits per heavy atom. The number of hydrogen-bond donors (Lipinski definition) is 0. The number of benzene rings is 1. The van der Waals surface area contributed by atoms with E-state index >= 15 is 0 Å². The van der Waals surface area contributed by atoms with Crippen LogP contribution in [0.4, 0.5) is 0 Å². The molecule has 1 aromatic carbocycles. The van der Waals surface area contributed by atoms with Gasteiger partial charge in [-0.15, -0.1) is 0 Å². The standard InChI is InChI=1S/C15H19NO3/c17-15(16-9-5-1-2-6-10-16)14-11-18-12-7-3-4-8-13(12)19-14/h3-4,7-8,14H,1-2,5-6,9-11H2/t14-/m0/s1. The second kappa shape index (κ2) is 5.51. The molecule has 0 saturated carbocycles. The van der Waals surface area contributed by atoms with Crippen LogP contribution in [0.1, 0.15) is 25.7 Å². The van der Waals surface area contributed by atoms with E-state index in [2.05, 4.69) is 0 Å². The Hall–Kier alpha value is -1.71. The number of likely N-dealkylation sites (tertiary alicyclic amines) is 1. The van der Waals surface area contributed by atoms with Crippen LogP contribution in [0.25, 0.3) is 0 Å². The van der Waals surface area contributed by atoms with Gasteiger partial charge in [-0.05, 0) is 25.0 Å². The first-order valence-electron chi connectivity index (χ1n) is 7.02. The molecular weight excluding hydrogens is 242 g/mol. The van der Waals surface area contributed by atoms with E-state index in [-0.39, 0.29) is 5.91 Å². The van der Waals surface area contributed by atoms with Crippen LogP contribution < -0.4 is 9.47 Å². The minimum Gasteiger partial charge on any atom is -0.485 e. The predicted molar refractivity (Wildman–Crippen MR) is 71.4 cm³/mol. The van der Waals surface area contributed by atoms with Crippen molar-refractivity contribution in [1.29, 1.82) is 0 Å². The summed E-state index contributed by atoms with van der Waals surface area (Å²) in [7, 11) is 0. The number of carbonyl (C=O) groups is 1. The molecule has 1 atom stereocenters. The highest BCUT2D eigenvalue weighted by atomic mass is 16.6. The number of nitrogens with zero attached hydrogens (tertiary/aromatic N) is 1. The molecule has 0 aliphatic carbocycles. The lowest BCUT2D eigenvalue weighted by atomic mass is 10.2. The lowest BCUT2D eigenvalue weighted by molar-refractivity contribution is -0.141. The Morgan fingerprint density at radius 1 is 1.05 bits per heavy atom. The monoisotopic (exact) mass is 261 g/mol. The Bertz CT molecular complexity index is 452. The minimum absolute atomic E-state index is 0.0661. The van der Waals surface area contributed by atoms with Crippen molar-refractivity contribution in [3.8, 4) is 11.5 Å². The van der Waals surface area contributed by atoms with E-state index < -0.39 is 6.10 Å². The first kappa shape index (κ1) is 12.3. The fraction of sp³-hybridized carbons (Fsp3) is 0.533. The van der Waals surface area contributed by atoms with E-state index in [0.29, 0.717) is 12.4 Å². The quantitative estimate of drug-likeness (QED) is 0.778. The predicted octanol–water partition coefficient (Wildman–Crippen LogP) is 2.23. The summed E-state index contributed by atoms with van der Waals surface area (Å²) in [5.74, 6) is 1.46. The highest BCUT2D eigenvalue weighted by Gasteiger charge is 2.31. The molecule has 0 aromatic heterocycles. The van der Waals surface area contributed by atoms with Crippen LogP contribution in [0, 0.1) is 0 Å². The van der Waals surface area contributed by atoms with Gasteiger partial charge in [-0.3, -0.25) is 4.79 Å². The fourth-order valence-corrected chi connectivity index (χ4v) is 2.64. The zero-order chi connectivity index (χ0) is 13.1. The van der Waals surface area contributed by atoms with Crippen molar-refractivity contribution < 1.29 is 14.3 Å². The van der Waals surface area contributed by atoms with E-state index in [4.69, 9.17) is 9.47 Å². The van der Waals surface area contributed by atoms with Gasteiger partial charge < -0.3 is 14.4 Å². The Balaban J connectivity index is 1.68. The smallest absolute Gasteiger partial charge is 0.267 e. The molecule has 1 amide bonds. The number of hydrogen-bond acceptors (Lipinski definition) is 3. The highest BCUT2D eigenvalue weighted by molar-refractivity contribution is 5.82. The summed E-state index contributed by atoms with van der Waals surface area (Å²) in [4.78, 5) is 14.4. The first-order chi connectivity index (χ1) is 9.34. The molecule has 4 nitrogen and oxygen atoms in total. The molecule has 2 heterocycles. The van der Waals surface area contributed by atoms with Crippen LogP contribution in [-0.4, -0.2) is 36.6 Å². The van der Waals surface area contributed by atoms with Gasteiger partial charge in [0.25, 0.3) is 5.91 Å². The fourth-order valence-electron chi connectivity index (χ4n) is 2.64. The number of ether oxygens (including phenoxy) is 2. The number of fused-ring (bicyclic) bond motifs is 1. The van der Waals surface area contributed by atoms with E-state index in [1.165, 1.54) is 12.8 Å². The molecule has 2 aliphatic rings. The van der Waals surface area contributed by atoms with Crippen LogP contribution in [0.2, 0.25) is 0 Å². The summed E-state index contributed by atoms with van der Waals surface area (Å²) in [5.41, 5.74) is 0. The van der Waals surface area contributed by atoms with Gasteiger partial charge in [0.05, 0.1) is 0 Å². The molecule has 4 heteroatoms. The summed E-state index contributed by atoms with van der Waals surface area (Å²) in [6, 6.07) is 7.50. The van der Waals surface area contributed by atoms with Crippen molar-refractivity contribution in [2.24, 2.45) is 0 Å². The van der Waals surface area contributed by atoms with Crippen molar-refractivity contribution in [3.63, 3.8) is 0 Å². The van der Waals surface area contributed by atoms with Crippen LogP contribution in [-0.2, 0) is 4.79 Å². The zero-order valence-corrected chi connectivity index (χ0v) is 11.0. The molecule has 0 radical (unpaired) electrons. The second-order valence-electron chi connectivity index (χ2n) is 5.10. The molecule has 0 bridgehead atoms. The van der Waals surface area contributed by atoms with Gasteiger partial charge in [0, 0.05) is 13.1 Å². The third-order valence-corrected chi connectivity index (χ3v) is 3.70. The van der Waals surface area contributed by atoms with Gasteiger partial charge in [0.15, 0.2) is 11.5 Å². The maximum absolute atomic E-state index is 12.4. The van der Waals surface area contributed by atoms with Crippen molar-refractivity contribution in [3.05, 3.63) is 24.3 Å². The van der Waals surface area contributed by atoms with Gasteiger partial charge in [-0.2, -0.15) is 0 Å². The Labute approximate surface area is 113 Å². The van der Waals surface area contributed by atoms with E-state index in [0.717, 1.165) is 31.7 Å². The molecule has 0 unspecified atom stereocenters. The SMILES string of the molecule is O=C([C@@H]1COc2ccccc2O1)N1CCCCCC1. The van der Waals surface area contributed by atoms with E-state index in [1.54, 1.807) is 0 Å². The number of carbonyl (C=O) groups excluding carboxylic acids is 1. The number of amides is 1. The number of rotatable bonds is 1. The normalized spacial score (nSPS) is 22.7. The molecule has 3 rings (SSSR count). The van der Waals surface area contributed by atoms with Gasteiger partial charge >= 0.3 is 0 Å². The average Bonchev–Trinajstić information content (AvgIpc) is 2.75. The molecule has 2 aliphatic heterocycles.